The summed E-state index contributed by atoms with van der Waals surface area (Å²) >= 11 is 0. The Kier molecular flexibility index (Phi) is 3.75. The lowest BCUT2D eigenvalue weighted by atomic mass is 9.90. The third kappa shape index (κ3) is 2.52. The summed E-state index contributed by atoms with van der Waals surface area (Å²) in [5.41, 5.74) is 2.83. The van der Waals surface area contributed by atoms with Gasteiger partial charge in [0.25, 0.3) is 0 Å². The summed E-state index contributed by atoms with van der Waals surface area (Å²) in [4.78, 5) is 0.241. The van der Waals surface area contributed by atoms with E-state index in [1.807, 2.05) is 66.7 Å². The maximum Gasteiger partial charge on any atom is 0.242 e. The minimum absolute atomic E-state index is 0.0894. The number of rotatable bonds is 1. The molecule has 4 aromatic rings. The zero-order valence-corrected chi connectivity index (χ0v) is 15.6. The van der Waals surface area contributed by atoms with Crippen LogP contribution in [0.15, 0.2) is 89.8 Å². The van der Waals surface area contributed by atoms with Crippen LogP contribution in [0.25, 0.3) is 21.9 Å². The molecule has 0 aliphatic carbocycles. The molecule has 5 heteroatoms. The van der Waals surface area contributed by atoms with E-state index < -0.39 is 16.1 Å². The predicted molar refractivity (Wildman–Crippen MR) is 110 cm³/mol. The van der Waals surface area contributed by atoms with Crippen molar-refractivity contribution < 1.29 is 13.5 Å². The molecule has 0 spiro atoms. The summed E-state index contributed by atoms with van der Waals surface area (Å²) in [6, 6.07) is 25.1. The maximum atomic E-state index is 13.1. The quantitative estimate of drug-likeness (QED) is 0.502. The molecule has 4 aromatic carbocycles. The van der Waals surface area contributed by atoms with Crippen LogP contribution in [-0.4, -0.2) is 13.5 Å². The van der Waals surface area contributed by atoms with E-state index in [0.29, 0.717) is 16.5 Å². The van der Waals surface area contributed by atoms with E-state index in [0.717, 1.165) is 16.5 Å². The summed E-state index contributed by atoms with van der Waals surface area (Å²) in [6.45, 7) is 0. The SMILES string of the molecule is O=S1(=O)N[C@@H](c2ccc3ccccc3c2O)c2ccccc2-c2ccccc21. The van der Waals surface area contributed by atoms with Gasteiger partial charge in [0.2, 0.25) is 10.0 Å². The first-order chi connectivity index (χ1) is 13.6. The Labute approximate surface area is 163 Å². The average Bonchev–Trinajstić information content (AvgIpc) is 2.82. The van der Waals surface area contributed by atoms with Crippen LogP contribution in [0, 0.1) is 0 Å². The molecule has 0 saturated carbocycles. The fraction of sp³-hybridized carbons (Fsp3) is 0.0435. The maximum absolute atomic E-state index is 13.1. The Morgan fingerprint density at radius 1 is 0.714 bits per heavy atom. The van der Waals surface area contributed by atoms with Gasteiger partial charge >= 0.3 is 0 Å². The van der Waals surface area contributed by atoms with Crippen LogP contribution >= 0.6 is 0 Å². The van der Waals surface area contributed by atoms with Gasteiger partial charge in [-0.05, 0) is 22.6 Å². The van der Waals surface area contributed by atoms with Gasteiger partial charge < -0.3 is 5.11 Å². The molecule has 28 heavy (non-hydrogen) atoms. The summed E-state index contributed by atoms with van der Waals surface area (Å²) in [7, 11) is -3.77. The average molecular weight is 387 g/mol. The van der Waals surface area contributed by atoms with Crippen molar-refractivity contribution in [1.82, 2.24) is 4.72 Å². The van der Waals surface area contributed by atoms with Gasteiger partial charge in [0, 0.05) is 16.5 Å². The molecule has 1 heterocycles. The van der Waals surface area contributed by atoms with Crippen molar-refractivity contribution in [3.05, 3.63) is 96.1 Å². The molecule has 4 nitrogen and oxygen atoms in total. The van der Waals surface area contributed by atoms with Crippen molar-refractivity contribution in [1.29, 1.82) is 0 Å². The molecule has 0 amide bonds. The van der Waals surface area contributed by atoms with Gasteiger partial charge in [-0.1, -0.05) is 78.9 Å². The third-order valence-corrected chi connectivity index (χ3v) is 6.74. The smallest absolute Gasteiger partial charge is 0.242 e. The van der Waals surface area contributed by atoms with Crippen molar-refractivity contribution in [2.75, 3.05) is 0 Å². The Morgan fingerprint density at radius 3 is 2.25 bits per heavy atom. The second kappa shape index (κ2) is 6.19. The second-order valence-corrected chi connectivity index (χ2v) is 8.54. The van der Waals surface area contributed by atoms with E-state index in [1.54, 1.807) is 18.2 Å². The van der Waals surface area contributed by atoms with Gasteiger partial charge in [-0.25, -0.2) is 8.42 Å². The highest BCUT2D eigenvalue weighted by Crippen LogP contribution is 2.42. The highest BCUT2D eigenvalue weighted by atomic mass is 32.2. The molecule has 1 aliphatic rings. The number of aromatic hydroxyl groups is 1. The first-order valence-electron chi connectivity index (χ1n) is 8.97. The molecular weight excluding hydrogens is 370 g/mol. The Hall–Kier alpha value is -3.15. The van der Waals surface area contributed by atoms with Gasteiger partial charge in [-0.2, -0.15) is 4.72 Å². The van der Waals surface area contributed by atoms with E-state index in [9.17, 15) is 13.5 Å². The fourth-order valence-corrected chi connectivity index (χ4v) is 5.35. The molecule has 0 aromatic heterocycles. The lowest BCUT2D eigenvalue weighted by molar-refractivity contribution is 0.469. The molecule has 0 radical (unpaired) electrons. The van der Waals surface area contributed by atoms with Gasteiger partial charge in [0.1, 0.15) is 5.75 Å². The van der Waals surface area contributed by atoms with Crippen LogP contribution in [0.4, 0.5) is 0 Å². The van der Waals surface area contributed by atoms with Gasteiger partial charge in [0.05, 0.1) is 10.9 Å². The number of hydrogen-bond acceptors (Lipinski definition) is 3. The van der Waals surface area contributed by atoms with Crippen LogP contribution in [0.3, 0.4) is 0 Å². The van der Waals surface area contributed by atoms with E-state index in [1.165, 1.54) is 0 Å². The highest BCUT2D eigenvalue weighted by Gasteiger charge is 2.32. The highest BCUT2D eigenvalue weighted by molar-refractivity contribution is 7.89. The minimum atomic E-state index is -3.77. The van der Waals surface area contributed by atoms with Crippen molar-refractivity contribution in [3.8, 4) is 16.9 Å². The van der Waals surface area contributed by atoms with Crippen molar-refractivity contribution >= 4 is 20.8 Å². The molecule has 1 aliphatic heterocycles. The van der Waals surface area contributed by atoms with E-state index >= 15 is 0 Å². The van der Waals surface area contributed by atoms with Crippen molar-refractivity contribution in [3.63, 3.8) is 0 Å². The number of sulfonamides is 1. The molecule has 5 rings (SSSR count). The molecule has 138 valence electrons. The molecular formula is C23H17NO3S. The minimum Gasteiger partial charge on any atom is -0.507 e. The summed E-state index contributed by atoms with van der Waals surface area (Å²) in [5.74, 6) is 0.0894. The van der Waals surface area contributed by atoms with Crippen LogP contribution in [0.1, 0.15) is 17.2 Å². The number of benzene rings is 4. The number of phenols is 1. The van der Waals surface area contributed by atoms with E-state index in [-0.39, 0.29) is 10.6 Å². The largest absolute Gasteiger partial charge is 0.507 e. The summed E-state index contributed by atoms with van der Waals surface area (Å²) < 4.78 is 29.1. The molecule has 1 atom stereocenters. The monoisotopic (exact) mass is 387 g/mol. The number of hydrogen-bond donors (Lipinski definition) is 2. The molecule has 0 fully saturated rings. The Balaban J connectivity index is 1.82. The number of fused-ring (bicyclic) bond motifs is 4. The summed E-state index contributed by atoms with van der Waals surface area (Å²) in [6.07, 6.45) is 0. The lowest BCUT2D eigenvalue weighted by Crippen LogP contribution is -2.28. The van der Waals surface area contributed by atoms with E-state index in [2.05, 4.69) is 4.72 Å². The zero-order chi connectivity index (χ0) is 19.3. The molecule has 0 saturated heterocycles. The van der Waals surface area contributed by atoms with Crippen LogP contribution in [0.2, 0.25) is 0 Å². The van der Waals surface area contributed by atoms with E-state index in [4.69, 9.17) is 0 Å². The van der Waals surface area contributed by atoms with Crippen LogP contribution < -0.4 is 4.72 Å². The normalized spacial score (nSPS) is 17.5. The van der Waals surface area contributed by atoms with Gasteiger partial charge in [0.15, 0.2) is 0 Å². The first kappa shape index (κ1) is 17.0. The molecule has 0 unspecified atom stereocenters. The standard InChI is InChI=1S/C23H17NO3S/c25-23-16-8-2-1-7-15(16)13-14-20(23)22-19-11-4-3-9-17(19)18-10-5-6-12-21(18)28(26,27)24-22/h1-14,22,24-25H/t22-/m1/s1. The first-order valence-corrected chi connectivity index (χ1v) is 10.5. The Bertz CT molecular complexity index is 1330. The predicted octanol–water partition coefficient (Wildman–Crippen LogP) is 4.59. The molecule has 2 N–H and O–H groups in total. The fourth-order valence-electron chi connectivity index (χ4n) is 3.94. The number of nitrogens with one attached hydrogen (secondary N) is 1. The Morgan fingerprint density at radius 2 is 1.39 bits per heavy atom. The van der Waals surface area contributed by atoms with Gasteiger partial charge in [-0.15, -0.1) is 0 Å². The lowest BCUT2D eigenvalue weighted by Gasteiger charge is -2.21. The molecule has 0 bridgehead atoms. The number of phenolic OH excluding ortho intramolecular Hbond substituents is 1. The van der Waals surface area contributed by atoms with Crippen molar-refractivity contribution in [2.45, 2.75) is 10.9 Å². The third-order valence-electron chi connectivity index (χ3n) is 5.25. The van der Waals surface area contributed by atoms with Crippen LogP contribution in [-0.2, 0) is 10.0 Å². The summed E-state index contributed by atoms with van der Waals surface area (Å²) in [5, 5.41) is 12.6. The zero-order valence-electron chi connectivity index (χ0n) is 14.8. The second-order valence-electron chi connectivity index (χ2n) is 6.86. The topological polar surface area (TPSA) is 66.4 Å². The van der Waals surface area contributed by atoms with Crippen LogP contribution in [0.5, 0.6) is 5.75 Å². The van der Waals surface area contributed by atoms with Gasteiger partial charge in [-0.3, -0.25) is 0 Å². The van der Waals surface area contributed by atoms with Crippen molar-refractivity contribution in [2.24, 2.45) is 0 Å².